The molecule has 0 atom stereocenters. The summed E-state index contributed by atoms with van der Waals surface area (Å²) in [6.45, 7) is 0. The minimum atomic E-state index is -2.35. The quantitative estimate of drug-likeness (QED) is 0.101. The second kappa shape index (κ2) is 23.7. The molecular formula is C26H54O5Si. The van der Waals surface area contributed by atoms with Crippen molar-refractivity contribution in [3.05, 3.63) is 0 Å². The number of aliphatic carboxylic acids is 1. The van der Waals surface area contributed by atoms with Crippen LogP contribution in [0.5, 0.6) is 0 Å². The first-order chi connectivity index (χ1) is 15.6. The highest BCUT2D eigenvalue weighted by atomic mass is 28.4. The Hall–Kier alpha value is -0.433. The van der Waals surface area contributed by atoms with Crippen molar-refractivity contribution in [3.63, 3.8) is 0 Å². The lowest BCUT2D eigenvalue weighted by molar-refractivity contribution is -0.137. The highest BCUT2D eigenvalue weighted by Gasteiger charge is 2.36. The van der Waals surface area contributed by atoms with E-state index in [1.807, 2.05) is 0 Å². The normalized spacial score (nSPS) is 11.8. The highest BCUT2D eigenvalue weighted by molar-refractivity contribution is 6.60. The number of hydrogen-bond acceptors (Lipinski definition) is 4. The number of carbonyl (C=O) groups is 1. The van der Waals surface area contributed by atoms with E-state index in [2.05, 4.69) is 0 Å². The van der Waals surface area contributed by atoms with Gasteiger partial charge < -0.3 is 18.4 Å². The Balaban J connectivity index is 3.17. The van der Waals surface area contributed by atoms with E-state index < -0.39 is 14.8 Å². The molecule has 0 aromatic heterocycles. The lowest BCUT2D eigenvalue weighted by atomic mass is 10.0. The predicted molar refractivity (Wildman–Crippen MR) is 136 cm³/mol. The molecule has 6 heteroatoms. The van der Waals surface area contributed by atoms with Crippen LogP contribution in [0.2, 0.25) is 6.04 Å². The van der Waals surface area contributed by atoms with Gasteiger partial charge in [-0.3, -0.25) is 4.79 Å². The Bertz CT molecular complexity index is 393. The Labute approximate surface area is 200 Å². The molecule has 5 nitrogen and oxygen atoms in total. The van der Waals surface area contributed by atoms with Crippen LogP contribution in [0.4, 0.5) is 0 Å². The molecule has 0 spiro atoms. The molecule has 0 aliphatic carbocycles. The van der Waals surface area contributed by atoms with Gasteiger partial charge in [0, 0.05) is 33.8 Å². The first-order valence-electron chi connectivity index (χ1n) is 13.5. The van der Waals surface area contributed by atoms with Crippen LogP contribution < -0.4 is 0 Å². The minimum absolute atomic E-state index is 0.336. The average Bonchev–Trinajstić information content (AvgIpc) is 2.80. The molecule has 0 amide bonds. The third-order valence-corrected chi connectivity index (χ3v) is 9.39. The Morgan fingerprint density at radius 3 is 1.00 bits per heavy atom. The summed E-state index contributed by atoms with van der Waals surface area (Å²) in [5, 5.41) is 8.60. The summed E-state index contributed by atoms with van der Waals surface area (Å²) in [4.78, 5) is 10.4. The summed E-state index contributed by atoms with van der Waals surface area (Å²) in [5.74, 6) is -0.658. The van der Waals surface area contributed by atoms with Crippen molar-refractivity contribution in [1.82, 2.24) is 0 Å². The molecular weight excluding hydrogens is 420 g/mol. The third-order valence-electron chi connectivity index (χ3n) is 6.56. The number of unbranched alkanes of at least 4 members (excludes halogenated alkanes) is 19. The molecule has 0 radical (unpaired) electrons. The molecule has 0 saturated heterocycles. The Morgan fingerprint density at radius 2 is 0.750 bits per heavy atom. The summed E-state index contributed by atoms with van der Waals surface area (Å²) in [6.07, 6.45) is 26.4. The molecule has 0 unspecified atom stereocenters. The minimum Gasteiger partial charge on any atom is -0.481 e. The van der Waals surface area contributed by atoms with Gasteiger partial charge in [0.1, 0.15) is 0 Å². The standard InChI is InChI=1S/C26H54O5Si/c1-29-32(30-2,31-3)25-23-21-19-17-15-13-11-9-7-5-4-6-8-10-12-14-16-18-20-22-24-26(27)28/h4-25H2,1-3H3,(H,27,28). The van der Waals surface area contributed by atoms with Gasteiger partial charge in [-0.05, 0) is 12.8 Å². The largest absolute Gasteiger partial charge is 0.500 e. The van der Waals surface area contributed by atoms with Crippen molar-refractivity contribution in [3.8, 4) is 0 Å². The van der Waals surface area contributed by atoms with Crippen LogP contribution >= 0.6 is 0 Å². The maximum atomic E-state index is 10.4. The zero-order valence-corrected chi connectivity index (χ0v) is 22.6. The zero-order valence-electron chi connectivity index (χ0n) is 21.6. The van der Waals surface area contributed by atoms with Gasteiger partial charge in [0.25, 0.3) is 0 Å². The molecule has 0 aliphatic rings. The lowest BCUT2D eigenvalue weighted by Gasteiger charge is -2.24. The van der Waals surface area contributed by atoms with Gasteiger partial charge in [0.2, 0.25) is 0 Å². The molecule has 0 aromatic rings. The number of hydrogen-bond donors (Lipinski definition) is 1. The molecule has 0 bridgehead atoms. The van der Waals surface area contributed by atoms with Crippen LogP contribution in [0.3, 0.4) is 0 Å². The molecule has 0 aliphatic heterocycles. The maximum absolute atomic E-state index is 10.4. The van der Waals surface area contributed by atoms with Crippen molar-refractivity contribution >= 4 is 14.8 Å². The van der Waals surface area contributed by atoms with Gasteiger partial charge in [0.05, 0.1) is 0 Å². The van der Waals surface area contributed by atoms with Crippen molar-refractivity contribution in [2.75, 3.05) is 21.3 Å². The number of rotatable bonds is 26. The number of carboxylic acid groups (broad SMARTS) is 1. The van der Waals surface area contributed by atoms with E-state index in [4.69, 9.17) is 18.4 Å². The van der Waals surface area contributed by atoms with Gasteiger partial charge in [-0.2, -0.15) is 0 Å². The van der Waals surface area contributed by atoms with Gasteiger partial charge >= 0.3 is 14.8 Å². The molecule has 192 valence electrons. The van der Waals surface area contributed by atoms with Crippen LogP contribution in [0.15, 0.2) is 0 Å². The van der Waals surface area contributed by atoms with Crippen molar-refractivity contribution in [2.45, 2.75) is 141 Å². The second-order valence-electron chi connectivity index (χ2n) is 9.26. The van der Waals surface area contributed by atoms with Crippen molar-refractivity contribution < 1.29 is 23.2 Å². The highest BCUT2D eigenvalue weighted by Crippen LogP contribution is 2.19. The molecule has 0 heterocycles. The molecule has 0 saturated carbocycles. The van der Waals surface area contributed by atoms with Crippen LogP contribution in [-0.2, 0) is 18.1 Å². The topological polar surface area (TPSA) is 65.0 Å². The number of carboxylic acids is 1. The smallest absolute Gasteiger partial charge is 0.481 e. The molecule has 1 N–H and O–H groups in total. The molecule has 0 aromatic carbocycles. The predicted octanol–water partition coefficient (Wildman–Crippen LogP) is 8.14. The van der Waals surface area contributed by atoms with Gasteiger partial charge in [0.15, 0.2) is 0 Å². The third kappa shape index (κ3) is 20.2. The fourth-order valence-corrected chi connectivity index (χ4v) is 6.15. The van der Waals surface area contributed by atoms with E-state index in [1.165, 1.54) is 109 Å². The summed E-state index contributed by atoms with van der Waals surface area (Å²) in [7, 11) is 2.73. The summed E-state index contributed by atoms with van der Waals surface area (Å²) < 4.78 is 16.4. The fraction of sp³-hybridized carbons (Fsp3) is 0.962. The first kappa shape index (κ1) is 31.6. The average molecular weight is 475 g/mol. The van der Waals surface area contributed by atoms with E-state index in [0.717, 1.165) is 25.3 Å². The Kier molecular flexibility index (Phi) is 23.4. The zero-order chi connectivity index (χ0) is 23.8. The van der Waals surface area contributed by atoms with E-state index in [1.54, 1.807) is 21.3 Å². The van der Waals surface area contributed by atoms with Gasteiger partial charge in [-0.1, -0.05) is 116 Å². The Morgan fingerprint density at radius 1 is 0.500 bits per heavy atom. The van der Waals surface area contributed by atoms with Gasteiger partial charge in [-0.25, -0.2) is 0 Å². The molecule has 0 fully saturated rings. The second-order valence-corrected chi connectivity index (χ2v) is 12.4. The van der Waals surface area contributed by atoms with E-state index in [-0.39, 0.29) is 0 Å². The van der Waals surface area contributed by atoms with Crippen LogP contribution in [-0.4, -0.2) is 41.2 Å². The maximum Gasteiger partial charge on any atom is 0.500 e. The van der Waals surface area contributed by atoms with Crippen molar-refractivity contribution in [1.29, 1.82) is 0 Å². The summed E-state index contributed by atoms with van der Waals surface area (Å²) in [5.41, 5.74) is 0. The summed E-state index contributed by atoms with van der Waals surface area (Å²) in [6, 6.07) is 0.923. The van der Waals surface area contributed by atoms with Crippen molar-refractivity contribution in [2.24, 2.45) is 0 Å². The van der Waals surface area contributed by atoms with Crippen LogP contribution in [0, 0.1) is 0 Å². The van der Waals surface area contributed by atoms with Crippen LogP contribution in [0.1, 0.15) is 135 Å². The van der Waals surface area contributed by atoms with Gasteiger partial charge in [-0.15, -0.1) is 0 Å². The summed E-state index contributed by atoms with van der Waals surface area (Å²) >= 11 is 0. The fourth-order valence-electron chi connectivity index (χ4n) is 4.36. The van der Waals surface area contributed by atoms with E-state index in [0.29, 0.717) is 6.42 Å². The van der Waals surface area contributed by atoms with E-state index in [9.17, 15) is 4.79 Å². The SMILES string of the molecule is CO[Si](CCCCCCCCCCCCCCCCCCCCCCC(=O)O)(OC)OC. The monoisotopic (exact) mass is 474 g/mol. The lowest BCUT2D eigenvalue weighted by Crippen LogP contribution is -2.42. The van der Waals surface area contributed by atoms with E-state index >= 15 is 0 Å². The molecule has 0 rings (SSSR count). The molecule has 32 heavy (non-hydrogen) atoms. The van der Waals surface area contributed by atoms with Crippen LogP contribution in [0.25, 0.3) is 0 Å². The first-order valence-corrected chi connectivity index (χ1v) is 15.4.